The monoisotopic (exact) mass is 135 g/mol. The van der Waals surface area contributed by atoms with Gasteiger partial charge in [-0.05, 0) is 0 Å². The lowest BCUT2D eigenvalue weighted by Crippen LogP contribution is -2.95. The summed E-state index contributed by atoms with van der Waals surface area (Å²) in [6.07, 6.45) is 6.08. The number of hydroxylamine groups is 2. The topological polar surface area (TPSA) is 53.3 Å². The number of nitrogens with zero attached hydrogens (tertiary/aromatic N) is 2. The molecule has 1 N–H and O–H groups in total. The van der Waals surface area contributed by atoms with E-state index in [1.807, 2.05) is 0 Å². The Bertz CT molecular complexity index is 325. The van der Waals surface area contributed by atoms with Gasteiger partial charge in [0.15, 0.2) is 0 Å². The molecular formula is C6H5N3O. The third-order valence-electron chi connectivity index (χ3n) is 1.35. The van der Waals surface area contributed by atoms with E-state index in [2.05, 4.69) is 9.97 Å². The van der Waals surface area contributed by atoms with E-state index in [0.717, 1.165) is 10.6 Å². The second-order valence-corrected chi connectivity index (χ2v) is 2.05. The number of rotatable bonds is 0. The number of nitrogens with one attached hydrogen (secondary N) is 1. The molecule has 4 heteroatoms. The van der Waals surface area contributed by atoms with Gasteiger partial charge in [-0.3, -0.25) is 0 Å². The molecule has 0 saturated carbocycles. The highest BCUT2D eigenvalue weighted by atomic mass is 16.5. The summed E-state index contributed by atoms with van der Waals surface area (Å²) in [6, 6.07) is 0. The molecule has 4 nitrogen and oxygen atoms in total. The molecule has 1 aromatic rings. The van der Waals surface area contributed by atoms with Gasteiger partial charge in [-0.1, -0.05) is 0 Å². The Balaban J connectivity index is 2.83. The van der Waals surface area contributed by atoms with Crippen molar-refractivity contribution in [1.29, 1.82) is 0 Å². The zero-order chi connectivity index (χ0) is 6.97. The average Bonchev–Trinajstić information content (AvgIpc) is 2.27. The predicted molar refractivity (Wildman–Crippen MR) is 34.5 cm³/mol. The lowest BCUT2D eigenvalue weighted by Gasteiger charge is -2.04. The number of fused-ring (bicyclic) bond motifs is 1. The molecule has 1 atom stereocenters. The maximum atomic E-state index is 10.7. The lowest BCUT2D eigenvalue weighted by molar-refractivity contribution is -0.660. The molecule has 0 aromatic carbocycles. The molecule has 0 radical (unpaired) electrons. The van der Waals surface area contributed by atoms with Crippen molar-refractivity contribution in [1.82, 2.24) is 9.97 Å². The summed E-state index contributed by atoms with van der Waals surface area (Å²) in [5.74, 6) is 0. The predicted octanol–water partition coefficient (Wildman–Crippen LogP) is -2.65. The van der Waals surface area contributed by atoms with Crippen LogP contribution in [0.3, 0.4) is 0 Å². The summed E-state index contributed by atoms with van der Waals surface area (Å²) in [7, 11) is 0. The van der Waals surface area contributed by atoms with Crippen LogP contribution in [0.25, 0.3) is 12.4 Å². The van der Waals surface area contributed by atoms with Gasteiger partial charge >= 0.3 is 0 Å². The van der Waals surface area contributed by atoms with E-state index in [4.69, 9.17) is 0 Å². The van der Waals surface area contributed by atoms with Gasteiger partial charge in [-0.2, -0.15) is 0 Å². The smallest absolute Gasteiger partial charge is 0.133 e. The Morgan fingerprint density at radius 3 is 3.10 bits per heavy atom. The highest BCUT2D eigenvalue weighted by Gasteiger charge is 1.98. The van der Waals surface area contributed by atoms with Crippen LogP contribution in [0.5, 0.6) is 0 Å². The Morgan fingerprint density at radius 2 is 2.30 bits per heavy atom. The zero-order valence-electron chi connectivity index (χ0n) is 5.11. The fraction of sp³-hybridized carbons (Fsp3) is 0. The van der Waals surface area contributed by atoms with Crippen LogP contribution in [0.15, 0.2) is 12.5 Å². The second kappa shape index (κ2) is 1.86. The molecule has 0 amide bonds. The van der Waals surface area contributed by atoms with E-state index >= 15 is 0 Å². The van der Waals surface area contributed by atoms with Gasteiger partial charge in [0.05, 0.1) is 5.22 Å². The number of quaternary nitrogens is 1. The van der Waals surface area contributed by atoms with Crippen molar-refractivity contribution in [3.05, 3.63) is 28.3 Å². The molecule has 0 aliphatic carbocycles. The molecule has 1 aromatic heterocycles. The lowest BCUT2D eigenvalue weighted by atomic mass is 10.5. The Hall–Kier alpha value is -1.26. The van der Waals surface area contributed by atoms with Gasteiger partial charge in [0.25, 0.3) is 0 Å². The third kappa shape index (κ3) is 0.706. The first-order chi connectivity index (χ1) is 4.86. The van der Waals surface area contributed by atoms with Gasteiger partial charge in [-0.15, -0.1) is 0 Å². The van der Waals surface area contributed by atoms with Gasteiger partial charge in [0.1, 0.15) is 24.1 Å². The molecule has 1 unspecified atom stereocenters. The fourth-order valence-electron chi connectivity index (χ4n) is 0.911. The van der Waals surface area contributed by atoms with Crippen LogP contribution in [0, 0.1) is 5.21 Å². The summed E-state index contributed by atoms with van der Waals surface area (Å²) in [6.45, 7) is 0. The van der Waals surface area contributed by atoms with Crippen LogP contribution in [0.2, 0.25) is 0 Å². The maximum absolute atomic E-state index is 10.7. The van der Waals surface area contributed by atoms with E-state index in [1.54, 1.807) is 6.20 Å². The molecule has 1 aliphatic heterocycles. The van der Waals surface area contributed by atoms with E-state index in [9.17, 15) is 5.21 Å². The molecule has 0 saturated heterocycles. The molecule has 0 bridgehead atoms. The largest absolute Gasteiger partial charge is 0.624 e. The molecule has 2 heterocycles. The number of hydrogen-bond donors (Lipinski definition) is 1. The summed E-state index contributed by atoms with van der Waals surface area (Å²) in [4.78, 5) is 7.67. The first-order valence-corrected chi connectivity index (χ1v) is 2.90. The van der Waals surface area contributed by atoms with Crippen molar-refractivity contribution >= 4 is 12.4 Å². The molecule has 0 fully saturated rings. The van der Waals surface area contributed by atoms with E-state index < -0.39 is 0 Å². The molecule has 2 rings (SSSR count). The van der Waals surface area contributed by atoms with Gasteiger partial charge < -0.3 is 10.3 Å². The minimum absolute atomic E-state index is 0.00417. The Morgan fingerprint density at radius 1 is 1.40 bits per heavy atom. The van der Waals surface area contributed by atoms with Crippen LogP contribution >= 0.6 is 0 Å². The standard InChI is InChI=1S/C6H5N3O/c10-9-2-5-1-7-4-8-6(5)3-9/h1-4,9H. The van der Waals surface area contributed by atoms with Crippen molar-refractivity contribution < 1.29 is 5.06 Å². The molecule has 0 spiro atoms. The maximum Gasteiger partial charge on any atom is 0.133 e. The van der Waals surface area contributed by atoms with Crippen molar-refractivity contribution in [2.45, 2.75) is 0 Å². The van der Waals surface area contributed by atoms with Crippen LogP contribution in [-0.2, 0) is 0 Å². The SMILES string of the molecule is [O-][NH+]1C=c2cncnc2=C1. The first kappa shape index (κ1) is 5.52. The zero-order valence-corrected chi connectivity index (χ0v) is 5.11. The summed E-state index contributed by atoms with van der Waals surface area (Å²) >= 11 is 0. The van der Waals surface area contributed by atoms with Gasteiger partial charge in [-0.25, -0.2) is 9.97 Å². The van der Waals surface area contributed by atoms with Crippen LogP contribution in [0.4, 0.5) is 0 Å². The molecule has 50 valence electrons. The van der Waals surface area contributed by atoms with Gasteiger partial charge in [0, 0.05) is 6.20 Å². The summed E-state index contributed by atoms with van der Waals surface area (Å²) in [5.41, 5.74) is 0. The van der Waals surface area contributed by atoms with Gasteiger partial charge in [0.2, 0.25) is 0 Å². The summed E-state index contributed by atoms with van der Waals surface area (Å²) in [5, 5.41) is 12.3. The van der Waals surface area contributed by atoms with Crippen molar-refractivity contribution in [3.8, 4) is 0 Å². The number of hydrogen-bond acceptors (Lipinski definition) is 3. The quantitative estimate of drug-likeness (QED) is 0.395. The summed E-state index contributed by atoms with van der Waals surface area (Å²) < 4.78 is 0. The first-order valence-electron chi connectivity index (χ1n) is 2.90. The molecule has 10 heavy (non-hydrogen) atoms. The Labute approximate surface area is 56.7 Å². The second-order valence-electron chi connectivity index (χ2n) is 2.05. The van der Waals surface area contributed by atoms with Crippen molar-refractivity contribution in [3.63, 3.8) is 0 Å². The van der Waals surface area contributed by atoms with E-state index in [0.29, 0.717) is 0 Å². The van der Waals surface area contributed by atoms with Crippen LogP contribution in [0.1, 0.15) is 0 Å². The van der Waals surface area contributed by atoms with Crippen LogP contribution < -0.4 is 15.6 Å². The van der Waals surface area contributed by atoms with E-state index in [1.165, 1.54) is 18.7 Å². The normalized spacial score (nSPS) is 21.1. The number of aromatic nitrogens is 2. The van der Waals surface area contributed by atoms with Crippen LogP contribution in [-0.4, -0.2) is 9.97 Å². The van der Waals surface area contributed by atoms with E-state index in [-0.39, 0.29) is 5.06 Å². The molecular weight excluding hydrogens is 130 g/mol. The highest BCUT2D eigenvalue weighted by Crippen LogP contribution is 1.59. The van der Waals surface area contributed by atoms with Crippen molar-refractivity contribution in [2.75, 3.05) is 0 Å². The highest BCUT2D eigenvalue weighted by molar-refractivity contribution is 5.26. The Kier molecular flexibility index (Phi) is 1.03. The van der Waals surface area contributed by atoms with Crippen molar-refractivity contribution in [2.24, 2.45) is 0 Å². The molecule has 1 aliphatic rings. The fourth-order valence-corrected chi connectivity index (χ4v) is 0.911. The minimum atomic E-state index is -0.00417. The third-order valence-corrected chi connectivity index (χ3v) is 1.35. The average molecular weight is 135 g/mol. The minimum Gasteiger partial charge on any atom is -0.624 e.